The lowest BCUT2D eigenvalue weighted by molar-refractivity contribution is 1.21. The molecule has 0 aliphatic carbocycles. The Morgan fingerprint density at radius 1 is 1.00 bits per heavy atom. The molecule has 3 aromatic rings. The second kappa shape index (κ2) is 4.85. The normalized spacial score (nSPS) is 10.7. The molecule has 2 N–H and O–H groups in total. The summed E-state index contributed by atoms with van der Waals surface area (Å²) < 4.78 is 0. The predicted octanol–water partition coefficient (Wildman–Crippen LogP) is 3.89. The van der Waals surface area contributed by atoms with Gasteiger partial charge < -0.3 is 10.6 Å². The Balaban J connectivity index is 2.11. The Kier molecular flexibility index (Phi) is 3.03. The Morgan fingerprint density at radius 3 is 2.50 bits per heavy atom. The highest BCUT2D eigenvalue weighted by atomic mass is 15.1. The molecule has 0 fully saturated rings. The van der Waals surface area contributed by atoms with E-state index in [1.54, 1.807) is 0 Å². The second-order valence-electron chi connectivity index (χ2n) is 5.00. The molecule has 20 heavy (non-hydrogen) atoms. The zero-order valence-electron chi connectivity index (χ0n) is 11.7. The summed E-state index contributed by atoms with van der Waals surface area (Å²) >= 11 is 0. The molecule has 1 heterocycles. The molecular weight excluding hydrogens is 246 g/mol. The fraction of sp³-hybridized carbons (Fsp3) is 0.118. The summed E-state index contributed by atoms with van der Waals surface area (Å²) in [5, 5.41) is 1.10. The molecule has 0 atom stereocenters. The third kappa shape index (κ3) is 2.18. The largest absolute Gasteiger partial charge is 0.399 e. The van der Waals surface area contributed by atoms with Crippen LogP contribution >= 0.6 is 0 Å². The summed E-state index contributed by atoms with van der Waals surface area (Å²) in [6.45, 7) is 2.09. The van der Waals surface area contributed by atoms with Gasteiger partial charge in [0.05, 0.1) is 11.2 Å². The maximum absolute atomic E-state index is 5.82. The van der Waals surface area contributed by atoms with E-state index >= 15 is 0 Å². The summed E-state index contributed by atoms with van der Waals surface area (Å²) in [4.78, 5) is 6.55. The number of anilines is 3. The van der Waals surface area contributed by atoms with Crippen LogP contribution in [-0.4, -0.2) is 12.0 Å². The number of nitrogens with zero attached hydrogens (tertiary/aromatic N) is 2. The van der Waals surface area contributed by atoms with Gasteiger partial charge in [-0.1, -0.05) is 17.7 Å². The molecule has 1 aromatic heterocycles. The first-order chi connectivity index (χ1) is 9.65. The van der Waals surface area contributed by atoms with Gasteiger partial charge in [0.25, 0.3) is 0 Å². The quantitative estimate of drug-likeness (QED) is 0.713. The number of hydrogen-bond acceptors (Lipinski definition) is 3. The van der Waals surface area contributed by atoms with Crippen molar-refractivity contribution in [1.29, 1.82) is 0 Å². The van der Waals surface area contributed by atoms with E-state index < -0.39 is 0 Å². The standard InChI is InChI=1S/C17H17N3/c1-12-3-6-14(7-4-12)20(2)17-9-10-19-16-11-13(18)5-8-15(16)17/h3-11H,18H2,1-2H3. The van der Waals surface area contributed by atoms with Crippen LogP contribution in [0, 0.1) is 6.92 Å². The van der Waals surface area contributed by atoms with Crippen LogP contribution in [0.1, 0.15) is 5.56 Å². The van der Waals surface area contributed by atoms with E-state index in [9.17, 15) is 0 Å². The fourth-order valence-electron chi connectivity index (χ4n) is 2.35. The Bertz CT molecular complexity index is 748. The van der Waals surface area contributed by atoms with E-state index in [1.165, 1.54) is 5.56 Å². The number of fused-ring (bicyclic) bond motifs is 1. The number of aromatic nitrogens is 1. The molecule has 3 rings (SSSR count). The number of hydrogen-bond donors (Lipinski definition) is 1. The van der Waals surface area contributed by atoms with Crippen LogP contribution in [0.25, 0.3) is 10.9 Å². The average Bonchev–Trinajstić information content (AvgIpc) is 2.46. The monoisotopic (exact) mass is 263 g/mol. The van der Waals surface area contributed by atoms with Crippen molar-refractivity contribution < 1.29 is 0 Å². The van der Waals surface area contributed by atoms with Crippen molar-refractivity contribution in [2.75, 3.05) is 17.7 Å². The highest BCUT2D eigenvalue weighted by molar-refractivity contribution is 5.94. The third-order valence-corrected chi connectivity index (χ3v) is 3.53. The Morgan fingerprint density at radius 2 is 1.75 bits per heavy atom. The summed E-state index contributed by atoms with van der Waals surface area (Å²) in [6, 6.07) is 16.4. The van der Waals surface area contributed by atoms with Crippen molar-refractivity contribution in [3.05, 3.63) is 60.3 Å². The summed E-state index contributed by atoms with van der Waals surface area (Å²) in [5.74, 6) is 0. The number of aryl methyl sites for hydroxylation is 1. The Labute approximate surface area is 118 Å². The summed E-state index contributed by atoms with van der Waals surface area (Å²) in [6.07, 6.45) is 1.82. The van der Waals surface area contributed by atoms with Crippen LogP contribution in [0.2, 0.25) is 0 Å². The second-order valence-corrected chi connectivity index (χ2v) is 5.00. The molecule has 0 radical (unpaired) electrons. The summed E-state index contributed by atoms with van der Waals surface area (Å²) in [5.41, 5.74) is 11.0. The molecule has 100 valence electrons. The SMILES string of the molecule is Cc1ccc(N(C)c2ccnc3cc(N)ccc23)cc1. The average molecular weight is 263 g/mol. The van der Waals surface area contributed by atoms with Crippen LogP contribution < -0.4 is 10.6 Å². The number of pyridine rings is 1. The topological polar surface area (TPSA) is 42.2 Å². The Hall–Kier alpha value is -2.55. The van der Waals surface area contributed by atoms with Crippen molar-refractivity contribution in [3.8, 4) is 0 Å². The van der Waals surface area contributed by atoms with Gasteiger partial charge in [-0.05, 0) is 43.3 Å². The minimum absolute atomic E-state index is 0.736. The predicted molar refractivity (Wildman–Crippen MR) is 85.4 cm³/mol. The number of nitrogen functional groups attached to an aromatic ring is 1. The molecule has 0 bridgehead atoms. The van der Waals surface area contributed by atoms with Crippen LogP contribution in [0.3, 0.4) is 0 Å². The van der Waals surface area contributed by atoms with E-state index in [0.29, 0.717) is 0 Å². The molecular formula is C17H17N3. The van der Waals surface area contributed by atoms with E-state index in [-0.39, 0.29) is 0 Å². The van der Waals surface area contributed by atoms with E-state index in [0.717, 1.165) is 28.0 Å². The zero-order chi connectivity index (χ0) is 14.1. The summed E-state index contributed by atoms with van der Waals surface area (Å²) in [7, 11) is 2.07. The van der Waals surface area contributed by atoms with Gasteiger partial charge >= 0.3 is 0 Å². The van der Waals surface area contributed by atoms with E-state index in [2.05, 4.69) is 48.1 Å². The minimum atomic E-state index is 0.736. The van der Waals surface area contributed by atoms with Crippen molar-refractivity contribution >= 4 is 28.0 Å². The highest BCUT2D eigenvalue weighted by Crippen LogP contribution is 2.30. The molecule has 3 heteroatoms. The van der Waals surface area contributed by atoms with Gasteiger partial charge in [0.1, 0.15) is 0 Å². The minimum Gasteiger partial charge on any atom is -0.399 e. The van der Waals surface area contributed by atoms with Gasteiger partial charge in [0.2, 0.25) is 0 Å². The molecule has 0 unspecified atom stereocenters. The van der Waals surface area contributed by atoms with Gasteiger partial charge in [0.15, 0.2) is 0 Å². The van der Waals surface area contributed by atoms with Crippen molar-refractivity contribution in [1.82, 2.24) is 4.98 Å². The van der Waals surface area contributed by atoms with Crippen molar-refractivity contribution in [2.24, 2.45) is 0 Å². The molecule has 0 amide bonds. The zero-order valence-corrected chi connectivity index (χ0v) is 11.7. The van der Waals surface area contributed by atoms with E-state index in [4.69, 9.17) is 5.73 Å². The third-order valence-electron chi connectivity index (χ3n) is 3.53. The molecule has 0 saturated carbocycles. The van der Waals surface area contributed by atoms with Gasteiger partial charge in [-0.3, -0.25) is 4.98 Å². The van der Waals surface area contributed by atoms with Crippen LogP contribution in [-0.2, 0) is 0 Å². The number of nitrogens with two attached hydrogens (primary N) is 1. The van der Waals surface area contributed by atoms with Crippen molar-refractivity contribution in [2.45, 2.75) is 6.92 Å². The molecule has 0 spiro atoms. The number of benzene rings is 2. The van der Waals surface area contributed by atoms with Gasteiger partial charge in [0, 0.05) is 30.0 Å². The lowest BCUT2D eigenvalue weighted by Crippen LogP contribution is -2.10. The van der Waals surface area contributed by atoms with Crippen molar-refractivity contribution in [3.63, 3.8) is 0 Å². The highest BCUT2D eigenvalue weighted by Gasteiger charge is 2.08. The van der Waals surface area contributed by atoms with Gasteiger partial charge in [-0.15, -0.1) is 0 Å². The smallest absolute Gasteiger partial charge is 0.0743 e. The molecule has 2 aromatic carbocycles. The first-order valence-electron chi connectivity index (χ1n) is 6.60. The molecule has 0 aliphatic rings. The van der Waals surface area contributed by atoms with Gasteiger partial charge in [-0.25, -0.2) is 0 Å². The lowest BCUT2D eigenvalue weighted by Gasteiger charge is -2.21. The fourth-order valence-corrected chi connectivity index (χ4v) is 2.35. The molecule has 3 nitrogen and oxygen atoms in total. The van der Waals surface area contributed by atoms with Crippen LogP contribution in [0.15, 0.2) is 54.7 Å². The first kappa shape index (κ1) is 12.5. The van der Waals surface area contributed by atoms with Crippen LogP contribution in [0.4, 0.5) is 17.1 Å². The maximum Gasteiger partial charge on any atom is 0.0743 e. The van der Waals surface area contributed by atoms with Crippen LogP contribution in [0.5, 0.6) is 0 Å². The molecule has 0 aliphatic heterocycles. The lowest BCUT2D eigenvalue weighted by atomic mass is 10.1. The van der Waals surface area contributed by atoms with Gasteiger partial charge in [-0.2, -0.15) is 0 Å². The number of rotatable bonds is 2. The molecule has 0 saturated heterocycles. The first-order valence-corrected chi connectivity index (χ1v) is 6.60. The van der Waals surface area contributed by atoms with E-state index in [1.807, 2.05) is 30.5 Å². The maximum atomic E-state index is 5.82.